The summed E-state index contributed by atoms with van der Waals surface area (Å²) in [4.78, 5) is 31.0. The van der Waals surface area contributed by atoms with Gasteiger partial charge in [-0.25, -0.2) is 0 Å². The van der Waals surface area contributed by atoms with Crippen molar-refractivity contribution in [2.24, 2.45) is 5.92 Å². The van der Waals surface area contributed by atoms with Crippen molar-refractivity contribution in [3.63, 3.8) is 0 Å². The molecule has 0 aliphatic carbocycles. The number of hydrogen-bond acceptors (Lipinski definition) is 8. The summed E-state index contributed by atoms with van der Waals surface area (Å²) in [5, 5.41) is 11.6. The van der Waals surface area contributed by atoms with Crippen LogP contribution in [-0.4, -0.2) is 85.8 Å². The van der Waals surface area contributed by atoms with E-state index in [1.165, 1.54) is 0 Å². The molecule has 0 spiro atoms. The van der Waals surface area contributed by atoms with Crippen molar-refractivity contribution >= 4 is 17.4 Å². The van der Waals surface area contributed by atoms with Crippen molar-refractivity contribution in [1.82, 2.24) is 9.80 Å². The third-order valence-electron chi connectivity index (χ3n) is 8.14. The zero-order valence-electron chi connectivity index (χ0n) is 25.1. The van der Waals surface area contributed by atoms with Gasteiger partial charge < -0.3 is 29.0 Å². The number of aliphatic hydroxyl groups is 1. The molecule has 1 N–H and O–H groups in total. The Labute approximate surface area is 248 Å². The van der Waals surface area contributed by atoms with E-state index in [0.717, 1.165) is 37.4 Å². The van der Waals surface area contributed by atoms with Crippen LogP contribution in [0.4, 0.5) is 0 Å². The lowest BCUT2D eigenvalue weighted by Crippen LogP contribution is -2.39. The molecular formula is C33H42N2O7. The Kier molecular flexibility index (Phi) is 9.38. The fourth-order valence-corrected chi connectivity index (χ4v) is 5.85. The molecule has 2 unspecified atom stereocenters. The second-order valence-corrected chi connectivity index (χ2v) is 11.7. The van der Waals surface area contributed by atoms with Crippen molar-refractivity contribution in [3.05, 3.63) is 58.7 Å². The molecule has 9 heteroatoms. The summed E-state index contributed by atoms with van der Waals surface area (Å²) >= 11 is 0. The monoisotopic (exact) mass is 578 g/mol. The number of carbonyl (C=O) groups excluding carboxylic acids is 2. The van der Waals surface area contributed by atoms with E-state index in [4.69, 9.17) is 18.9 Å². The van der Waals surface area contributed by atoms with E-state index < -0.39 is 17.7 Å². The van der Waals surface area contributed by atoms with Gasteiger partial charge in [0.1, 0.15) is 17.6 Å². The minimum atomic E-state index is -0.767. The molecule has 9 nitrogen and oxygen atoms in total. The molecule has 2 aromatic rings. The van der Waals surface area contributed by atoms with Gasteiger partial charge in [0.15, 0.2) is 11.5 Å². The smallest absolute Gasteiger partial charge is 0.295 e. The Morgan fingerprint density at radius 2 is 1.86 bits per heavy atom. The van der Waals surface area contributed by atoms with Crippen LogP contribution >= 0.6 is 0 Å². The molecule has 2 atom stereocenters. The fourth-order valence-electron chi connectivity index (χ4n) is 5.85. The van der Waals surface area contributed by atoms with Crippen LogP contribution in [0.1, 0.15) is 56.3 Å². The van der Waals surface area contributed by atoms with Gasteiger partial charge in [0.05, 0.1) is 38.5 Å². The lowest BCUT2D eigenvalue weighted by Gasteiger charge is -2.29. The second-order valence-electron chi connectivity index (χ2n) is 11.7. The van der Waals surface area contributed by atoms with Crippen molar-refractivity contribution < 1.29 is 33.6 Å². The molecule has 0 saturated carbocycles. The topological polar surface area (TPSA) is 97.8 Å². The number of nitrogens with zero attached hydrogens (tertiary/aromatic N) is 2. The van der Waals surface area contributed by atoms with Crippen LogP contribution in [0.3, 0.4) is 0 Å². The van der Waals surface area contributed by atoms with Crippen molar-refractivity contribution in [3.8, 4) is 17.2 Å². The van der Waals surface area contributed by atoms with Crippen molar-refractivity contribution in [1.29, 1.82) is 0 Å². The van der Waals surface area contributed by atoms with Gasteiger partial charge in [0.25, 0.3) is 11.7 Å². The summed E-state index contributed by atoms with van der Waals surface area (Å²) < 4.78 is 22.9. The number of ketones is 1. The van der Waals surface area contributed by atoms with Gasteiger partial charge >= 0.3 is 0 Å². The number of fused-ring (bicyclic) bond motifs is 1. The van der Waals surface area contributed by atoms with Crippen LogP contribution in [0.2, 0.25) is 0 Å². The first-order chi connectivity index (χ1) is 20.3. The molecule has 0 bridgehead atoms. The maximum absolute atomic E-state index is 13.6. The lowest BCUT2D eigenvalue weighted by atomic mass is 9.94. The SMILES string of the molecule is COc1cc(C2/C(=C(/O)c3ccc4c(c3)CC(C)O4)C(=O)C(=O)N2CCCN2CCOCC2)ccc1OCCC(C)C. The minimum Gasteiger partial charge on any atom is -0.507 e. The Morgan fingerprint density at radius 3 is 2.60 bits per heavy atom. The van der Waals surface area contributed by atoms with E-state index >= 15 is 0 Å². The number of morpholine rings is 1. The molecule has 2 saturated heterocycles. The molecule has 2 fully saturated rings. The van der Waals surface area contributed by atoms with Crippen LogP contribution in [-0.2, 0) is 20.7 Å². The zero-order chi connectivity index (χ0) is 29.8. The van der Waals surface area contributed by atoms with E-state index in [-0.39, 0.29) is 17.4 Å². The normalized spacial score (nSPS) is 22.0. The predicted octanol–water partition coefficient (Wildman–Crippen LogP) is 4.59. The number of carbonyl (C=O) groups is 2. The number of aliphatic hydroxyl groups excluding tert-OH is 1. The summed E-state index contributed by atoms with van der Waals surface area (Å²) in [6.07, 6.45) is 2.35. The van der Waals surface area contributed by atoms with E-state index in [2.05, 4.69) is 18.7 Å². The van der Waals surface area contributed by atoms with Crippen LogP contribution in [0.5, 0.6) is 17.2 Å². The summed E-state index contributed by atoms with van der Waals surface area (Å²) in [5.74, 6) is 0.895. The highest BCUT2D eigenvalue weighted by atomic mass is 16.5. The predicted molar refractivity (Wildman–Crippen MR) is 159 cm³/mol. The average Bonchev–Trinajstić information content (AvgIpc) is 3.48. The highest BCUT2D eigenvalue weighted by Crippen LogP contribution is 2.43. The highest BCUT2D eigenvalue weighted by molar-refractivity contribution is 6.46. The number of ether oxygens (including phenoxy) is 4. The first kappa shape index (κ1) is 29.9. The molecule has 3 aliphatic heterocycles. The van der Waals surface area contributed by atoms with E-state index in [9.17, 15) is 14.7 Å². The fraction of sp³-hybridized carbons (Fsp3) is 0.515. The third kappa shape index (κ3) is 6.42. The number of Topliss-reactive ketones (excluding diaryl/α,β-unsaturated/α-hetero) is 1. The lowest BCUT2D eigenvalue weighted by molar-refractivity contribution is -0.140. The number of amides is 1. The molecule has 3 heterocycles. The third-order valence-corrected chi connectivity index (χ3v) is 8.14. The quantitative estimate of drug-likeness (QED) is 0.235. The van der Waals surface area contributed by atoms with Crippen LogP contribution < -0.4 is 14.2 Å². The van der Waals surface area contributed by atoms with Crippen LogP contribution in [0, 0.1) is 5.92 Å². The maximum atomic E-state index is 13.6. The molecule has 3 aliphatic rings. The number of rotatable bonds is 11. The number of benzene rings is 2. The Bertz CT molecular complexity index is 1330. The van der Waals surface area contributed by atoms with E-state index in [0.29, 0.717) is 67.8 Å². The largest absolute Gasteiger partial charge is 0.507 e. The molecule has 1 amide bonds. The van der Waals surface area contributed by atoms with Crippen LogP contribution in [0.15, 0.2) is 42.0 Å². The van der Waals surface area contributed by atoms with Gasteiger partial charge in [-0.15, -0.1) is 0 Å². The van der Waals surface area contributed by atoms with E-state index in [1.807, 2.05) is 37.3 Å². The molecule has 2 aromatic carbocycles. The average molecular weight is 579 g/mol. The first-order valence-corrected chi connectivity index (χ1v) is 15.0. The molecule has 42 heavy (non-hydrogen) atoms. The number of likely N-dealkylation sites (tertiary alicyclic amines) is 1. The molecule has 0 aromatic heterocycles. The van der Waals surface area contributed by atoms with E-state index in [1.54, 1.807) is 18.1 Å². The van der Waals surface area contributed by atoms with Crippen LogP contribution in [0.25, 0.3) is 5.76 Å². The second kappa shape index (κ2) is 13.2. The Hall–Kier alpha value is -3.56. The molecular weight excluding hydrogens is 536 g/mol. The first-order valence-electron chi connectivity index (χ1n) is 15.0. The summed E-state index contributed by atoms with van der Waals surface area (Å²) in [7, 11) is 1.57. The number of methoxy groups -OCH3 is 1. The van der Waals surface area contributed by atoms with Gasteiger partial charge in [0.2, 0.25) is 0 Å². The van der Waals surface area contributed by atoms with Crippen molar-refractivity contribution in [2.45, 2.75) is 52.2 Å². The number of hydrogen-bond donors (Lipinski definition) is 1. The molecule has 0 radical (unpaired) electrons. The summed E-state index contributed by atoms with van der Waals surface area (Å²) in [6.45, 7) is 11.1. The minimum absolute atomic E-state index is 0.0446. The Morgan fingerprint density at radius 1 is 1.07 bits per heavy atom. The standard InChI is InChI=1S/C33H42N2O7/c1-21(2)10-15-41-27-9-6-23(20-28(27)39-4)30-29(31(36)24-7-8-26-25(19-24)18-22(3)42-26)32(37)33(38)35(30)12-5-11-34-13-16-40-17-14-34/h6-9,19-22,30,36H,5,10-18H2,1-4H3/b31-29-. The maximum Gasteiger partial charge on any atom is 0.295 e. The van der Waals surface area contributed by atoms with Gasteiger partial charge in [-0.2, -0.15) is 0 Å². The van der Waals surface area contributed by atoms with Crippen molar-refractivity contribution in [2.75, 3.05) is 53.1 Å². The summed E-state index contributed by atoms with van der Waals surface area (Å²) in [5.41, 5.74) is 2.21. The van der Waals surface area contributed by atoms with Gasteiger partial charge in [-0.3, -0.25) is 14.5 Å². The Balaban J connectivity index is 1.49. The zero-order valence-corrected chi connectivity index (χ0v) is 25.1. The molecule has 226 valence electrons. The molecule has 5 rings (SSSR count). The van der Waals surface area contributed by atoms with Gasteiger partial charge in [-0.05, 0) is 67.1 Å². The highest BCUT2D eigenvalue weighted by Gasteiger charge is 2.46. The summed E-state index contributed by atoms with van der Waals surface area (Å²) in [6, 6.07) is 10.1. The van der Waals surface area contributed by atoms with Gasteiger partial charge in [0, 0.05) is 38.2 Å². The van der Waals surface area contributed by atoms with Gasteiger partial charge in [-0.1, -0.05) is 19.9 Å².